The van der Waals surface area contributed by atoms with E-state index in [1.54, 1.807) is 38.5 Å². The van der Waals surface area contributed by atoms with Crippen molar-refractivity contribution >= 4 is 23.3 Å². The Hall–Kier alpha value is -3.61. The molecule has 3 aromatic rings. The molecule has 3 aliphatic carbocycles. The highest BCUT2D eigenvalue weighted by Crippen LogP contribution is 2.65. The Morgan fingerprint density at radius 1 is 0.829 bits per heavy atom. The first-order valence-corrected chi connectivity index (χ1v) is 11.7. The predicted octanol–water partition coefficient (Wildman–Crippen LogP) is 4.06. The van der Waals surface area contributed by atoms with Crippen LogP contribution < -0.4 is 4.90 Å². The molecule has 6 heteroatoms. The Kier molecular flexibility index (Phi) is 4.82. The SMILES string of the molecule is COC(OC)C12c3ccccc3C(c3ccccc31)C1C(=O)N(c3ccc(C(C)=O)cc3)C(=O)C12. The van der Waals surface area contributed by atoms with E-state index in [-0.39, 0.29) is 23.5 Å². The van der Waals surface area contributed by atoms with Crippen LogP contribution in [0.5, 0.6) is 0 Å². The Balaban J connectivity index is 1.62. The van der Waals surface area contributed by atoms with Crippen LogP contribution in [0, 0.1) is 11.8 Å². The molecule has 176 valence electrons. The number of nitrogens with zero attached hydrogens (tertiary/aromatic N) is 1. The molecule has 2 atom stereocenters. The van der Waals surface area contributed by atoms with Crippen molar-refractivity contribution in [2.45, 2.75) is 24.5 Å². The van der Waals surface area contributed by atoms with Gasteiger partial charge in [0.2, 0.25) is 11.8 Å². The van der Waals surface area contributed by atoms with Crippen LogP contribution in [0.3, 0.4) is 0 Å². The molecule has 1 aliphatic heterocycles. The van der Waals surface area contributed by atoms with Crippen LogP contribution in [-0.2, 0) is 24.5 Å². The molecule has 1 fully saturated rings. The third-order valence-electron chi connectivity index (χ3n) is 8.02. The number of carbonyl (C=O) groups excluding carboxylic acids is 3. The van der Waals surface area contributed by atoms with E-state index in [4.69, 9.17) is 9.47 Å². The van der Waals surface area contributed by atoms with Crippen LogP contribution in [-0.4, -0.2) is 38.1 Å². The smallest absolute Gasteiger partial charge is 0.239 e. The Bertz CT molecular complexity index is 1330. The first kappa shape index (κ1) is 21.9. The summed E-state index contributed by atoms with van der Waals surface area (Å²) >= 11 is 0. The second-order valence-corrected chi connectivity index (χ2v) is 9.44. The number of imide groups is 1. The fourth-order valence-corrected chi connectivity index (χ4v) is 6.80. The van der Waals surface area contributed by atoms with Crippen molar-refractivity contribution in [2.75, 3.05) is 19.1 Å². The summed E-state index contributed by atoms with van der Waals surface area (Å²) in [5, 5.41) is 0. The van der Waals surface area contributed by atoms with E-state index in [0.29, 0.717) is 11.3 Å². The fraction of sp³-hybridized carbons (Fsp3) is 0.276. The molecule has 6 nitrogen and oxygen atoms in total. The lowest BCUT2D eigenvalue weighted by atomic mass is 9.47. The van der Waals surface area contributed by atoms with E-state index in [0.717, 1.165) is 22.3 Å². The summed E-state index contributed by atoms with van der Waals surface area (Å²) in [5.41, 5.74) is 4.00. The highest BCUT2D eigenvalue weighted by Gasteiger charge is 2.71. The number of hydrogen-bond donors (Lipinski definition) is 0. The molecule has 35 heavy (non-hydrogen) atoms. The molecular weight excluding hydrogens is 442 g/mol. The van der Waals surface area contributed by atoms with Gasteiger partial charge < -0.3 is 9.47 Å². The van der Waals surface area contributed by atoms with Crippen LogP contribution >= 0.6 is 0 Å². The lowest BCUT2D eigenvalue weighted by molar-refractivity contribution is -0.168. The lowest BCUT2D eigenvalue weighted by Crippen LogP contribution is -2.60. The number of amides is 2. The number of rotatable bonds is 5. The second-order valence-electron chi connectivity index (χ2n) is 9.44. The van der Waals surface area contributed by atoms with E-state index in [2.05, 4.69) is 0 Å². The number of benzene rings is 3. The van der Waals surface area contributed by atoms with Crippen LogP contribution in [0.25, 0.3) is 0 Å². The summed E-state index contributed by atoms with van der Waals surface area (Å²) in [5.74, 6) is -2.12. The third kappa shape index (κ3) is 2.64. The number of Topliss-reactive ketones (excluding diaryl/α,β-unsaturated/α-hetero) is 1. The maximum absolute atomic E-state index is 14.2. The monoisotopic (exact) mass is 467 g/mol. The predicted molar refractivity (Wildman–Crippen MR) is 129 cm³/mol. The van der Waals surface area contributed by atoms with Gasteiger partial charge in [-0.25, -0.2) is 4.90 Å². The van der Waals surface area contributed by atoms with E-state index in [1.165, 1.54) is 11.8 Å². The van der Waals surface area contributed by atoms with Crippen molar-refractivity contribution in [1.82, 2.24) is 0 Å². The van der Waals surface area contributed by atoms with Crippen LogP contribution in [0.15, 0.2) is 72.8 Å². The molecule has 0 spiro atoms. The molecule has 1 saturated heterocycles. The third-order valence-corrected chi connectivity index (χ3v) is 8.02. The number of ketones is 1. The van der Waals surface area contributed by atoms with Gasteiger partial charge >= 0.3 is 0 Å². The zero-order valence-electron chi connectivity index (χ0n) is 19.7. The minimum absolute atomic E-state index is 0.0739. The summed E-state index contributed by atoms with van der Waals surface area (Å²) < 4.78 is 11.8. The molecule has 2 unspecified atom stereocenters. The van der Waals surface area contributed by atoms with Gasteiger partial charge in [-0.15, -0.1) is 0 Å². The molecule has 7 rings (SSSR count). The highest BCUT2D eigenvalue weighted by molar-refractivity contribution is 6.24. The molecule has 0 saturated carbocycles. The van der Waals surface area contributed by atoms with E-state index >= 15 is 0 Å². The fourth-order valence-electron chi connectivity index (χ4n) is 6.80. The number of hydrogen-bond acceptors (Lipinski definition) is 5. The van der Waals surface area contributed by atoms with Gasteiger partial charge in [0.25, 0.3) is 0 Å². The van der Waals surface area contributed by atoms with E-state index in [9.17, 15) is 14.4 Å². The number of carbonyl (C=O) groups is 3. The zero-order valence-corrected chi connectivity index (χ0v) is 19.7. The molecule has 1 heterocycles. The van der Waals surface area contributed by atoms with Crippen molar-refractivity contribution < 1.29 is 23.9 Å². The quantitative estimate of drug-likeness (QED) is 0.322. The van der Waals surface area contributed by atoms with Gasteiger partial charge in [0.15, 0.2) is 12.1 Å². The van der Waals surface area contributed by atoms with Crippen LogP contribution in [0.1, 0.15) is 45.5 Å². The van der Waals surface area contributed by atoms with Crippen molar-refractivity contribution in [2.24, 2.45) is 11.8 Å². The number of methoxy groups -OCH3 is 2. The largest absolute Gasteiger partial charge is 0.355 e. The number of anilines is 1. The van der Waals surface area contributed by atoms with E-state index in [1.807, 2.05) is 48.5 Å². The minimum Gasteiger partial charge on any atom is -0.355 e. The zero-order chi connectivity index (χ0) is 24.5. The molecule has 0 radical (unpaired) electrons. The van der Waals surface area contributed by atoms with Gasteiger partial charge in [-0.1, -0.05) is 48.5 Å². The average Bonchev–Trinajstić information content (AvgIpc) is 3.16. The average molecular weight is 468 g/mol. The molecule has 4 aliphatic rings. The van der Waals surface area contributed by atoms with Crippen LogP contribution in [0.4, 0.5) is 5.69 Å². The Morgan fingerprint density at radius 3 is 1.89 bits per heavy atom. The van der Waals surface area contributed by atoms with Gasteiger partial charge in [-0.2, -0.15) is 0 Å². The first-order chi connectivity index (χ1) is 17.0. The van der Waals surface area contributed by atoms with Crippen molar-refractivity contribution in [3.05, 3.63) is 101 Å². The van der Waals surface area contributed by atoms with Crippen molar-refractivity contribution in [3.8, 4) is 0 Å². The Labute approximate surface area is 203 Å². The van der Waals surface area contributed by atoms with Crippen molar-refractivity contribution in [1.29, 1.82) is 0 Å². The summed E-state index contributed by atoms with van der Waals surface area (Å²) in [7, 11) is 3.15. The van der Waals surface area contributed by atoms with E-state index < -0.39 is 23.5 Å². The normalized spacial score (nSPS) is 26.1. The van der Waals surface area contributed by atoms with Crippen LogP contribution in [0.2, 0.25) is 0 Å². The van der Waals surface area contributed by atoms with Crippen molar-refractivity contribution in [3.63, 3.8) is 0 Å². The summed E-state index contributed by atoms with van der Waals surface area (Å²) in [6.07, 6.45) is -0.782. The maximum Gasteiger partial charge on any atom is 0.239 e. The summed E-state index contributed by atoms with van der Waals surface area (Å²) in [4.78, 5) is 41.4. The number of ether oxygens (including phenoxy) is 2. The molecular formula is C29H25NO5. The molecule has 0 N–H and O–H groups in total. The highest BCUT2D eigenvalue weighted by atomic mass is 16.7. The molecule has 3 aromatic carbocycles. The van der Waals surface area contributed by atoms with Gasteiger partial charge in [-0.05, 0) is 53.4 Å². The Morgan fingerprint density at radius 2 is 1.37 bits per heavy atom. The minimum atomic E-state index is -0.989. The lowest BCUT2D eigenvalue weighted by Gasteiger charge is -2.56. The first-order valence-electron chi connectivity index (χ1n) is 11.7. The maximum atomic E-state index is 14.2. The summed E-state index contributed by atoms with van der Waals surface area (Å²) in [6.45, 7) is 1.49. The van der Waals surface area contributed by atoms with Gasteiger partial charge in [0, 0.05) is 25.7 Å². The standard InChI is InChI=1S/C29H25NO5/c1-16(31)17-12-14-18(15-13-17)30-26(32)24-23-19-8-4-6-10-21(19)29(25(24)27(30)33,28(34-2)35-3)22-11-7-5-9-20(22)23/h4-15,23-25,28H,1-3H3. The van der Waals surface area contributed by atoms with Gasteiger partial charge in [0.05, 0.1) is 22.9 Å². The molecule has 2 amide bonds. The molecule has 2 bridgehead atoms. The summed E-state index contributed by atoms with van der Waals surface area (Å²) in [6, 6.07) is 22.7. The van der Waals surface area contributed by atoms with Gasteiger partial charge in [0.1, 0.15) is 0 Å². The molecule has 0 aromatic heterocycles. The topological polar surface area (TPSA) is 72.9 Å². The second kappa shape index (κ2) is 7.70. The van der Waals surface area contributed by atoms with Gasteiger partial charge in [-0.3, -0.25) is 14.4 Å².